The summed E-state index contributed by atoms with van der Waals surface area (Å²) < 4.78 is 9.88. The molecule has 0 saturated carbocycles. The molecule has 2 saturated heterocycles. The van der Waals surface area contributed by atoms with Gasteiger partial charge in [-0.1, -0.05) is 0 Å². The number of piperidine rings is 1. The fraction of sp³-hybridized carbons (Fsp3) is 0.583. The zero-order valence-corrected chi connectivity index (χ0v) is 18.5. The number of pyridine rings is 1. The molecule has 7 heteroatoms. The molecule has 0 aliphatic carbocycles. The van der Waals surface area contributed by atoms with E-state index in [0.29, 0.717) is 12.0 Å². The van der Waals surface area contributed by atoms with Crippen LogP contribution in [0.2, 0.25) is 0 Å². The molecule has 0 spiro atoms. The molecule has 1 N–H and O–H groups in total. The first-order valence-electron chi connectivity index (χ1n) is 11.8. The van der Waals surface area contributed by atoms with Gasteiger partial charge in [0.15, 0.2) is 5.65 Å². The Morgan fingerprint density at radius 1 is 1.13 bits per heavy atom. The van der Waals surface area contributed by atoms with E-state index in [9.17, 15) is 0 Å². The zero-order chi connectivity index (χ0) is 21.0. The topological polar surface area (TPSA) is 60.1 Å². The summed E-state index contributed by atoms with van der Waals surface area (Å²) >= 11 is 0. The van der Waals surface area contributed by atoms with Crippen LogP contribution in [0.5, 0.6) is 0 Å². The van der Waals surface area contributed by atoms with E-state index in [1.54, 1.807) is 0 Å². The maximum Gasteiger partial charge on any atom is 0.159 e. The molecule has 7 nitrogen and oxygen atoms in total. The summed E-state index contributed by atoms with van der Waals surface area (Å²) in [5, 5.41) is 9.59. The molecule has 2 aliphatic heterocycles. The highest BCUT2D eigenvalue weighted by Crippen LogP contribution is 2.30. The number of likely N-dealkylation sites (tertiary alicyclic amines) is 1. The Balaban J connectivity index is 1.37. The molecule has 1 unspecified atom stereocenters. The molecule has 3 aromatic heterocycles. The lowest BCUT2D eigenvalue weighted by molar-refractivity contribution is 0.0904. The second-order valence-electron chi connectivity index (χ2n) is 9.01. The molecular formula is C24H34N6O. The largest absolute Gasteiger partial charge is 0.381 e. The second-order valence-corrected chi connectivity index (χ2v) is 9.01. The Morgan fingerprint density at radius 3 is 2.77 bits per heavy atom. The summed E-state index contributed by atoms with van der Waals surface area (Å²) in [6.45, 7) is 8.97. The van der Waals surface area contributed by atoms with Gasteiger partial charge in [-0.25, -0.2) is 9.67 Å². The van der Waals surface area contributed by atoms with Crippen LogP contribution in [0.1, 0.15) is 38.2 Å². The molecule has 2 fully saturated rings. The first-order chi connectivity index (χ1) is 15.3. The third kappa shape index (κ3) is 4.62. The van der Waals surface area contributed by atoms with Gasteiger partial charge in [0, 0.05) is 69.6 Å². The van der Waals surface area contributed by atoms with Crippen LogP contribution in [-0.4, -0.2) is 56.6 Å². The van der Waals surface area contributed by atoms with E-state index in [0.717, 1.165) is 69.8 Å². The highest BCUT2D eigenvalue weighted by atomic mass is 16.5. The van der Waals surface area contributed by atoms with E-state index >= 15 is 0 Å². The number of rotatable bonds is 7. The molecule has 1 atom stereocenters. The number of aryl methyl sites for hydroxylation is 1. The number of anilines is 1. The summed E-state index contributed by atoms with van der Waals surface area (Å²) in [6.07, 6.45) is 13.1. The minimum Gasteiger partial charge on any atom is -0.381 e. The van der Waals surface area contributed by atoms with E-state index in [4.69, 9.17) is 9.72 Å². The van der Waals surface area contributed by atoms with Gasteiger partial charge >= 0.3 is 0 Å². The minimum absolute atomic E-state index is 0.450. The number of ether oxygens (including phenoxy) is 1. The third-order valence-corrected chi connectivity index (χ3v) is 6.75. The Morgan fingerprint density at radius 2 is 1.97 bits per heavy atom. The zero-order valence-electron chi connectivity index (χ0n) is 18.5. The number of hydrogen-bond donors (Lipinski definition) is 1. The van der Waals surface area contributed by atoms with Gasteiger partial charge in [-0.3, -0.25) is 4.90 Å². The fourth-order valence-corrected chi connectivity index (χ4v) is 5.11. The lowest BCUT2D eigenvalue weighted by Gasteiger charge is -2.34. The van der Waals surface area contributed by atoms with E-state index < -0.39 is 0 Å². The first kappa shape index (κ1) is 20.5. The maximum absolute atomic E-state index is 5.57. The molecule has 0 amide bonds. The monoisotopic (exact) mass is 422 g/mol. The van der Waals surface area contributed by atoms with Crippen molar-refractivity contribution in [1.29, 1.82) is 0 Å². The van der Waals surface area contributed by atoms with Gasteiger partial charge < -0.3 is 14.6 Å². The maximum atomic E-state index is 5.57. The standard InChI is InChI=1S/C24H34N6O/c1-2-30-24-22(15-26-30)23(27-21-7-12-31-13-8-21)20(14-25-24)18-29-11-5-6-19(17-29)16-28-9-3-4-10-28/h3-4,9-10,14-15,19,21H,2,5-8,11-13,16-18H2,1H3,(H,25,27). The predicted octanol–water partition coefficient (Wildman–Crippen LogP) is 3.76. The van der Waals surface area contributed by atoms with Gasteiger partial charge in [0.05, 0.1) is 17.3 Å². The molecule has 0 radical (unpaired) electrons. The quantitative estimate of drug-likeness (QED) is 0.628. The van der Waals surface area contributed by atoms with Crippen LogP contribution >= 0.6 is 0 Å². The van der Waals surface area contributed by atoms with Gasteiger partial charge in [-0.15, -0.1) is 0 Å². The Bertz CT molecular complexity index is 976. The van der Waals surface area contributed by atoms with Crippen molar-refractivity contribution < 1.29 is 4.74 Å². The molecule has 5 heterocycles. The highest BCUT2D eigenvalue weighted by molar-refractivity contribution is 5.90. The van der Waals surface area contributed by atoms with Crippen molar-refractivity contribution in [2.75, 3.05) is 31.6 Å². The SMILES string of the molecule is CCn1ncc2c(NC3CCOCC3)c(CN3CCCC(Cn4cccc4)C3)cnc21. The van der Waals surface area contributed by atoms with Gasteiger partial charge in [0.1, 0.15) is 0 Å². The number of nitrogens with one attached hydrogen (secondary N) is 1. The van der Waals surface area contributed by atoms with Crippen LogP contribution in [0, 0.1) is 5.92 Å². The Hall–Kier alpha value is -2.38. The number of hydrogen-bond acceptors (Lipinski definition) is 5. The summed E-state index contributed by atoms with van der Waals surface area (Å²) in [5.41, 5.74) is 3.49. The van der Waals surface area contributed by atoms with E-state index in [-0.39, 0.29) is 0 Å². The molecular weight excluding hydrogens is 388 g/mol. The average molecular weight is 423 g/mol. The summed E-state index contributed by atoms with van der Waals surface area (Å²) in [6, 6.07) is 4.68. The van der Waals surface area contributed by atoms with Crippen molar-refractivity contribution in [1.82, 2.24) is 24.2 Å². The van der Waals surface area contributed by atoms with Crippen molar-refractivity contribution in [3.63, 3.8) is 0 Å². The van der Waals surface area contributed by atoms with Crippen molar-refractivity contribution >= 4 is 16.7 Å². The summed E-state index contributed by atoms with van der Waals surface area (Å²) in [4.78, 5) is 7.43. The molecule has 31 heavy (non-hydrogen) atoms. The molecule has 5 rings (SSSR count). The van der Waals surface area contributed by atoms with E-state index in [1.807, 2.05) is 10.9 Å². The van der Waals surface area contributed by atoms with Crippen molar-refractivity contribution in [2.24, 2.45) is 5.92 Å². The van der Waals surface area contributed by atoms with E-state index in [2.05, 4.69) is 57.5 Å². The second kappa shape index (κ2) is 9.40. The van der Waals surface area contributed by atoms with Gasteiger partial charge in [-0.05, 0) is 57.2 Å². The van der Waals surface area contributed by atoms with Crippen molar-refractivity contribution in [2.45, 2.75) is 58.3 Å². The molecule has 0 bridgehead atoms. The molecule has 3 aromatic rings. The van der Waals surface area contributed by atoms with Crippen LogP contribution in [0.15, 0.2) is 36.9 Å². The third-order valence-electron chi connectivity index (χ3n) is 6.75. The lowest BCUT2D eigenvalue weighted by atomic mass is 9.97. The highest BCUT2D eigenvalue weighted by Gasteiger charge is 2.23. The van der Waals surface area contributed by atoms with Crippen LogP contribution < -0.4 is 5.32 Å². The average Bonchev–Trinajstić information content (AvgIpc) is 3.46. The van der Waals surface area contributed by atoms with Crippen molar-refractivity contribution in [3.8, 4) is 0 Å². The van der Waals surface area contributed by atoms with Crippen LogP contribution in [0.3, 0.4) is 0 Å². The molecule has 2 aliphatic rings. The number of fused-ring (bicyclic) bond motifs is 1. The van der Waals surface area contributed by atoms with Gasteiger partial charge in [0.2, 0.25) is 0 Å². The smallest absolute Gasteiger partial charge is 0.159 e. The van der Waals surface area contributed by atoms with Crippen LogP contribution in [0.25, 0.3) is 11.0 Å². The Labute approximate surface area is 184 Å². The summed E-state index contributed by atoms with van der Waals surface area (Å²) in [5.74, 6) is 0.701. The van der Waals surface area contributed by atoms with Crippen molar-refractivity contribution in [3.05, 3.63) is 42.5 Å². The molecule has 166 valence electrons. The lowest BCUT2D eigenvalue weighted by Crippen LogP contribution is -2.37. The normalized spacial score (nSPS) is 21.0. The van der Waals surface area contributed by atoms with Gasteiger partial charge in [0.25, 0.3) is 0 Å². The Kier molecular flexibility index (Phi) is 6.22. The molecule has 0 aromatic carbocycles. The minimum atomic E-state index is 0.450. The van der Waals surface area contributed by atoms with E-state index in [1.165, 1.54) is 24.1 Å². The fourth-order valence-electron chi connectivity index (χ4n) is 5.11. The first-order valence-corrected chi connectivity index (χ1v) is 11.8. The van der Waals surface area contributed by atoms with Gasteiger partial charge in [-0.2, -0.15) is 5.10 Å². The predicted molar refractivity (Wildman–Crippen MR) is 123 cm³/mol. The number of nitrogens with zero attached hydrogens (tertiary/aromatic N) is 5. The number of aromatic nitrogens is 4. The van der Waals surface area contributed by atoms with Crippen LogP contribution in [0.4, 0.5) is 5.69 Å². The summed E-state index contributed by atoms with van der Waals surface area (Å²) in [7, 11) is 0. The van der Waals surface area contributed by atoms with Crippen LogP contribution in [-0.2, 0) is 24.4 Å².